The number of nitrogens with zero attached hydrogens (tertiary/aromatic N) is 4. The number of fused-ring (bicyclic) bond motifs is 1. The smallest absolute Gasteiger partial charge is 0.255 e. The second kappa shape index (κ2) is 13.0. The van der Waals surface area contributed by atoms with E-state index < -0.39 is 17.8 Å². The van der Waals surface area contributed by atoms with Gasteiger partial charge in [-0.2, -0.15) is 5.26 Å². The number of anilines is 1. The van der Waals surface area contributed by atoms with Crippen molar-refractivity contribution in [3.63, 3.8) is 0 Å². The number of hydrogen-bond acceptors (Lipinski definition) is 8. The molecule has 0 spiro atoms. The number of nitrogens with one attached hydrogen (secondary N) is 2. The van der Waals surface area contributed by atoms with Gasteiger partial charge in [0.2, 0.25) is 11.8 Å². The highest BCUT2D eigenvalue weighted by atomic mass is 19.1. The van der Waals surface area contributed by atoms with Gasteiger partial charge < -0.3 is 19.9 Å². The summed E-state index contributed by atoms with van der Waals surface area (Å²) < 4.78 is 21.2. The molecule has 0 aromatic heterocycles. The number of carbonyl (C=O) groups excluding carboxylic acids is 4. The minimum absolute atomic E-state index is 0.0356. The molecule has 0 saturated carbocycles. The number of carbonyl (C=O) groups is 4. The lowest BCUT2D eigenvalue weighted by Crippen LogP contribution is -2.52. The Morgan fingerprint density at radius 2 is 1.89 bits per heavy atom. The van der Waals surface area contributed by atoms with Crippen LogP contribution >= 0.6 is 0 Å². The van der Waals surface area contributed by atoms with Crippen molar-refractivity contribution >= 4 is 29.3 Å². The van der Waals surface area contributed by atoms with Crippen molar-refractivity contribution in [2.75, 3.05) is 38.1 Å². The molecule has 0 unspecified atom stereocenters. The van der Waals surface area contributed by atoms with E-state index in [9.17, 15) is 24.4 Å². The summed E-state index contributed by atoms with van der Waals surface area (Å²) in [6.45, 7) is 3.48. The lowest BCUT2D eigenvalue weighted by molar-refractivity contribution is -0.136. The standard InChI is InChI=1S/C34H33FN6O5/c1-37-32(43)25-15-21(17-36)6-8-28(25)40-13-11-39(12-14-40)18-22-5-7-23(27(35)16-22)20-46-30-4-2-3-24-26(30)19-41(34(24)45)29-9-10-31(42)38-33(29)44/h2-8,15-16,29H,9-14,18-20H2,1H3,(H,37,43)(H,38,42,44)/t29-/m0/s1. The summed E-state index contributed by atoms with van der Waals surface area (Å²) in [5, 5.41) is 14.2. The maximum absolute atomic E-state index is 15.2. The molecule has 3 aromatic rings. The van der Waals surface area contributed by atoms with E-state index in [0.29, 0.717) is 66.3 Å². The maximum Gasteiger partial charge on any atom is 0.255 e. The summed E-state index contributed by atoms with van der Waals surface area (Å²) in [5.74, 6) is -1.31. The fourth-order valence-electron chi connectivity index (χ4n) is 6.26. The number of halogens is 1. The largest absolute Gasteiger partial charge is 0.488 e. The van der Waals surface area contributed by atoms with Gasteiger partial charge in [-0.05, 0) is 48.4 Å². The molecule has 12 heteroatoms. The first-order chi connectivity index (χ1) is 22.2. The molecular weight excluding hydrogens is 591 g/mol. The minimum atomic E-state index is -0.727. The molecule has 2 fully saturated rings. The Kier molecular flexibility index (Phi) is 8.68. The molecule has 3 aromatic carbocycles. The van der Waals surface area contributed by atoms with Gasteiger partial charge in [0.05, 0.1) is 23.7 Å². The molecule has 2 N–H and O–H groups in total. The third kappa shape index (κ3) is 6.14. The first kappa shape index (κ1) is 30.7. The van der Waals surface area contributed by atoms with Gasteiger partial charge in [0.1, 0.15) is 24.2 Å². The topological polar surface area (TPSA) is 135 Å². The number of hydrogen-bond donors (Lipinski definition) is 2. The molecule has 3 heterocycles. The molecule has 1 atom stereocenters. The van der Waals surface area contributed by atoms with E-state index in [2.05, 4.69) is 26.5 Å². The molecule has 0 bridgehead atoms. The van der Waals surface area contributed by atoms with Crippen LogP contribution in [-0.4, -0.2) is 72.7 Å². The van der Waals surface area contributed by atoms with E-state index in [-0.39, 0.29) is 43.7 Å². The number of rotatable bonds is 8. The van der Waals surface area contributed by atoms with E-state index in [1.54, 1.807) is 43.4 Å². The second-order valence-electron chi connectivity index (χ2n) is 11.6. The Hall–Kier alpha value is -5.28. The van der Waals surface area contributed by atoms with Crippen LogP contribution in [0.4, 0.5) is 10.1 Å². The molecule has 0 aliphatic carbocycles. The molecular formula is C34H33FN6O5. The van der Waals surface area contributed by atoms with Crippen molar-refractivity contribution in [1.82, 2.24) is 20.4 Å². The zero-order valence-electron chi connectivity index (χ0n) is 25.3. The first-order valence-electron chi connectivity index (χ1n) is 15.2. The van der Waals surface area contributed by atoms with Crippen LogP contribution in [0.3, 0.4) is 0 Å². The SMILES string of the molecule is CNC(=O)c1cc(C#N)ccc1N1CCN(Cc2ccc(COc3cccc4c3CN([C@H]3CCC(=O)NC3=O)C4=O)c(F)c2)CC1. The summed E-state index contributed by atoms with van der Waals surface area (Å²) in [6, 6.07) is 16.7. The van der Waals surface area contributed by atoms with Crippen molar-refractivity contribution in [1.29, 1.82) is 5.26 Å². The van der Waals surface area contributed by atoms with Crippen molar-refractivity contribution in [2.24, 2.45) is 0 Å². The highest BCUT2D eigenvalue weighted by Crippen LogP contribution is 2.34. The number of imide groups is 1. The number of nitriles is 1. The zero-order chi connectivity index (χ0) is 32.4. The average molecular weight is 625 g/mol. The summed E-state index contributed by atoms with van der Waals surface area (Å²) in [5.41, 5.74) is 3.94. The Balaban J connectivity index is 1.06. The van der Waals surface area contributed by atoms with Crippen LogP contribution in [-0.2, 0) is 29.3 Å². The summed E-state index contributed by atoms with van der Waals surface area (Å²) in [7, 11) is 1.56. The van der Waals surface area contributed by atoms with Crippen LogP contribution in [0.5, 0.6) is 5.75 Å². The van der Waals surface area contributed by atoms with Crippen LogP contribution in [0.1, 0.15) is 55.8 Å². The maximum atomic E-state index is 15.2. The van der Waals surface area contributed by atoms with Gasteiger partial charge in [-0.15, -0.1) is 0 Å². The fourth-order valence-corrected chi connectivity index (χ4v) is 6.26. The molecule has 0 radical (unpaired) electrons. The monoisotopic (exact) mass is 624 g/mol. The van der Waals surface area contributed by atoms with Gasteiger partial charge in [-0.3, -0.25) is 29.4 Å². The van der Waals surface area contributed by atoms with Crippen molar-refractivity contribution in [3.8, 4) is 11.8 Å². The van der Waals surface area contributed by atoms with Crippen LogP contribution in [0.15, 0.2) is 54.6 Å². The van der Waals surface area contributed by atoms with Crippen LogP contribution in [0.25, 0.3) is 0 Å². The van der Waals surface area contributed by atoms with Crippen molar-refractivity contribution in [3.05, 3.63) is 93.8 Å². The summed E-state index contributed by atoms with van der Waals surface area (Å²) in [6.07, 6.45) is 0.438. The Bertz CT molecular complexity index is 1760. The molecule has 6 rings (SSSR count). The Labute approximate surface area is 265 Å². The van der Waals surface area contributed by atoms with Gasteiger partial charge in [0.15, 0.2) is 0 Å². The van der Waals surface area contributed by atoms with E-state index in [1.165, 1.54) is 11.0 Å². The third-order valence-corrected chi connectivity index (χ3v) is 8.76. The van der Waals surface area contributed by atoms with E-state index in [1.807, 2.05) is 12.1 Å². The molecule has 3 aliphatic heterocycles. The number of piperidine rings is 1. The Morgan fingerprint density at radius 1 is 1.09 bits per heavy atom. The molecule has 4 amide bonds. The second-order valence-corrected chi connectivity index (χ2v) is 11.6. The molecule has 3 aliphatic rings. The molecule has 2 saturated heterocycles. The van der Waals surface area contributed by atoms with E-state index in [4.69, 9.17) is 4.74 Å². The van der Waals surface area contributed by atoms with E-state index >= 15 is 4.39 Å². The van der Waals surface area contributed by atoms with Crippen LogP contribution < -0.4 is 20.3 Å². The molecule has 46 heavy (non-hydrogen) atoms. The van der Waals surface area contributed by atoms with Crippen LogP contribution in [0, 0.1) is 17.1 Å². The molecule has 236 valence electrons. The predicted molar refractivity (Wildman–Crippen MR) is 165 cm³/mol. The minimum Gasteiger partial charge on any atom is -0.488 e. The average Bonchev–Trinajstić information content (AvgIpc) is 3.40. The summed E-state index contributed by atoms with van der Waals surface area (Å²) >= 11 is 0. The van der Waals surface area contributed by atoms with Crippen LogP contribution in [0.2, 0.25) is 0 Å². The van der Waals surface area contributed by atoms with Gasteiger partial charge in [-0.1, -0.05) is 18.2 Å². The van der Waals surface area contributed by atoms with E-state index in [0.717, 1.165) is 11.3 Å². The van der Waals surface area contributed by atoms with Gasteiger partial charge >= 0.3 is 0 Å². The highest BCUT2D eigenvalue weighted by molar-refractivity contribution is 6.05. The lowest BCUT2D eigenvalue weighted by Gasteiger charge is -2.37. The quantitative estimate of drug-likeness (QED) is 0.366. The highest BCUT2D eigenvalue weighted by Gasteiger charge is 2.40. The zero-order valence-corrected chi connectivity index (χ0v) is 25.3. The Morgan fingerprint density at radius 3 is 2.61 bits per heavy atom. The van der Waals surface area contributed by atoms with Gasteiger partial charge in [0, 0.05) is 68.6 Å². The normalized spacial score (nSPS) is 18.2. The van der Waals surface area contributed by atoms with Crippen molar-refractivity contribution in [2.45, 2.75) is 38.6 Å². The molecule has 11 nitrogen and oxygen atoms in total. The van der Waals surface area contributed by atoms with Gasteiger partial charge in [-0.25, -0.2) is 4.39 Å². The number of amides is 4. The fraction of sp³-hybridized carbons (Fsp3) is 0.324. The summed E-state index contributed by atoms with van der Waals surface area (Å²) in [4.78, 5) is 55.3. The first-order valence-corrected chi connectivity index (χ1v) is 15.2. The van der Waals surface area contributed by atoms with Crippen molar-refractivity contribution < 1.29 is 28.3 Å². The number of benzene rings is 3. The third-order valence-electron chi connectivity index (χ3n) is 8.76. The number of piperazine rings is 1. The number of ether oxygens (including phenoxy) is 1. The van der Waals surface area contributed by atoms with Gasteiger partial charge in [0.25, 0.3) is 11.8 Å². The lowest BCUT2D eigenvalue weighted by atomic mass is 10.0. The predicted octanol–water partition coefficient (Wildman–Crippen LogP) is 2.72.